The van der Waals surface area contributed by atoms with Crippen LogP contribution in [0.25, 0.3) is 0 Å². The number of hydrogen-bond donors (Lipinski definition) is 1. The molecule has 0 aromatic carbocycles. The van der Waals surface area contributed by atoms with Crippen molar-refractivity contribution in [1.82, 2.24) is 14.7 Å². The highest BCUT2D eigenvalue weighted by Crippen LogP contribution is 2.21. The van der Waals surface area contributed by atoms with Gasteiger partial charge in [-0.15, -0.1) is 0 Å². The summed E-state index contributed by atoms with van der Waals surface area (Å²) in [6, 6.07) is 1.16. The van der Waals surface area contributed by atoms with Gasteiger partial charge in [-0.3, -0.25) is 9.48 Å². The number of amides is 1. The lowest BCUT2D eigenvalue weighted by Crippen LogP contribution is -2.41. The minimum atomic E-state index is -0.978. The van der Waals surface area contributed by atoms with Crippen molar-refractivity contribution in [1.29, 1.82) is 0 Å². The minimum Gasteiger partial charge on any atom is -0.480 e. The Morgan fingerprint density at radius 3 is 2.71 bits per heavy atom. The number of rotatable bonds is 5. The Hall–Kier alpha value is -1.89. The number of ether oxygens (including phenoxy) is 1. The SMILES string of the molecule is COC1CC(C(=O)O)N(C(=O)CCn2nc(C)cc2C)C1. The Morgan fingerprint density at radius 2 is 2.19 bits per heavy atom. The molecule has 0 spiro atoms. The highest BCUT2D eigenvalue weighted by Gasteiger charge is 2.39. The number of hydrogen-bond acceptors (Lipinski definition) is 4. The number of carbonyl (C=O) groups excluding carboxylic acids is 1. The molecule has 1 aliphatic rings. The van der Waals surface area contributed by atoms with Crippen LogP contribution in [0, 0.1) is 13.8 Å². The highest BCUT2D eigenvalue weighted by atomic mass is 16.5. The Labute approximate surface area is 123 Å². The van der Waals surface area contributed by atoms with E-state index >= 15 is 0 Å². The van der Waals surface area contributed by atoms with Gasteiger partial charge in [-0.25, -0.2) is 4.79 Å². The molecular formula is C14H21N3O4. The number of likely N-dealkylation sites (tertiary alicyclic amines) is 1. The number of carboxylic acids is 1. The fourth-order valence-electron chi connectivity index (χ4n) is 2.72. The van der Waals surface area contributed by atoms with Gasteiger partial charge in [-0.1, -0.05) is 0 Å². The first-order valence-corrected chi connectivity index (χ1v) is 6.98. The van der Waals surface area contributed by atoms with Crippen molar-refractivity contribution < 1.29 is 19.4 Å². The third-order valence-electron chi connectivity index (χ3n) is 3.84. The summed E-state index contributed by atoms with van der Waals surface area (Å²) in [6.45, 7) is 4.62. The van der Waals surface area contributed by atoms with Crippen molar-refractivity contribution in [2.24, 2.45) is 0 Å². The Morgan fingerprint density at radius 1 is 1.48 bits per heavy atom. The van der Waals surface area contributed by atoms with E-state index in [2.05, 4.69) is 5.10 Å². The fourth-order valence-corrected chi connectivity index (χ4v) is 2.72. The first-order valence-electron chi connectivity index (χ1n) is 6.98. The second-order valence-corrected chi connectivity index (χ2v) is 5.39. The first kappa shape index (κ1) is 15.5. The van der Waals surface area contributed by atoms with Crippen molar-refractivity contribution in [3.05, 3.63) is 17.5 Å². The number of aromatic nitrogens is 2. The highest BCUT2D eigenvalue weighted by molar-refractivity contribution is 5.84. The van der Waals surface area contributed by atoms with Gasteiger partial charge in [0.1, 0.15) is 6.04 Å². The molecular weight excluding hydrogens is 274 g/mol. The minimum absolute atomic E-state index is 0.172. The standard InChI is InChI=1S/C14H21N3O4/c1-9-6-10(2)17(15-9)5-4-13(18)16-8-11(21-3)7-12(16)14(19)20/h6,11-12H,4-5,7-8H2,1-3H3,(H,19,20). The summed E-state index contributed by atoms with van der Waals surface area (Å²) in [5.41, 5.74) is 1.90. The van der Waals surface area contributed by atoms with Gasteiger partial charge in [0, 0.05) is 38.7 Å². The maximum atomic E-state index is 12.3. The number of carbonyl (C=O) groups is 2. The summed E-state index contributed by atoms with van der Waals surface area (Å²) < 4.78 is 6.95. The monoisotopic (exact) mass is 295 g/mol. The summed E-state index contributed by atoms with van der Waals surface area (Å²) in [6.07, 6.45) is 0.378. The zero-order valence-electron chi connectivity index (χ0n) is 12.6. The van der Waals surface area contributed by atoms with E-state index < -0.39 is 12.0 Å². The van der Waals surface area contributed by atoms with E-state index in [1.807, 2.05) is 19.9 Å². The lowest BCUT2D eigenvalue weighted by atomic mass is 10.2. The summed E-state index contributed by atoms with van der Waals surface area (Å²) in [5, 5.41) is 13.5. The third-order valence-corrected chi connectivity index (χ3v) is 3.84. The van der Waals surface area contributed by atoms with Gasteiger partial charge in [0.25, 0.3) is 0 Å². The van der Waals surface area contributed by atoms with Crippen LogP contribution in [0.4, 0.5) is 0 Å². The number of methoxy groups -OCH3 is 1. The molecule has 0 bridgehead atoms. The van der Waals surface area contributed by atoms with E-state index in [0.717, 1.165) is 11.4 Å². The molecule has 0 radical (unpaired) electrons. The van der Waals surface area contributed by atoms with E-state index in [1.165, 1.54) is 12.0 Å². The second kappa shape index (κ2) is 6.26. The third kappa shape index (κ3) is 3.41. The van der Waals surface area contributed by atoms with Crippen molar-refractivity contribution in [3.63, 3.8) is 0 Å². The van der Waals surface area contributed by atoms with Crippen LogP contribution < -0.4 is 0 Å². The zero-order chi connectivity index (χ0) is 15.6. The van der Waals surface area contributed by atoms with E-state index in [9.17, 15) is 14.7 Å². The topological polar surface area (TPSA) is 84.7 Å². The molecule has 7 nitrogen and oxygen atoms in total. The van der Waals surface area contributed by atoms with Gasteiger partial charge in [-0.2, -0.15) is 5.10 Å². The molecule has 1 N–H and O–H groups in total. The summed E-state index contributed by atoms with van der Waals surface area (Å²) in [7, 11) is 1.54. The van der Waals surface area contributed by atoms with Gasteiger partial charge >= 0.3 is 5.97 Å². The second-order valence-electron chi connectivity index (χ2n) is 5.39. The molecule has 1 aliphatic heterocycles. The van der Waals surface area contributed by atoms with Gasteiger partial charge in [-0.05, 0) is 19.9 Å². The number of carboxylic acid groups (broad SMARTS) is 1. The maximum absolute atomic E-state index is 12.3. The average molecular weight is 295 g/mol. The van der Waals surface area contributed by atoms with Crippen molar-refractivity contribution >= 4 is 11.9 Å². The predicted octanol–water partition coefficient (Wildman–Crippen LogP) is 0.591. The van der Waals surface area contributed by atoms with Crippen LogP contribution in [0.2, 0.25) is 0 Å². The van der Waals surface area contributed by atoms with Crippen LogP contribution in [-0.2, 0) is 20.9 Å². The number of aryl methyl sites for hydroxylation is 3. The molecule has 116 valence electrons. The zero-order valence-corrected chi connectivity index (χ0v) is 12.6. The Bertz CT molecular complexity index is 540. The molecule has 2 unspecified atom stereocenters. The molecule has 0 aliphatic carbocycles. The molecule has 1 saturated heterocycles. The van der Waals surface area contributed by atoms with Crippen LogP contribution >= 0.6 is 0 Å². The van der Waals surface area contributed by atoms with Crippen LogP contribution in [0.15, 0.2) is 6.07 Å². The van der Waals surface area contributed by atoms with Crippen molar-refractivity contribution in [2.75, 3.05) is 13.7 Å². The van der Waals surface area contributed by atoms with Crippen molar-refractivity contribution in [2.45, 2.75) is 45.4 Å². The number of nitrogens with zero attached hydrogens (tertiary/aromatic N) is 3. The lowest BCUT2D eigenvalue weighted by Gasteiger charge is -2.21. The molecule has 21 heavy (non-hydrogen) atoms. The first-order chi connectivity index (χ1) is 9.92. The predicted molar refractivity (Wildman–Crippen MR) is 74.9 cm³/mol. The summed E-state index contributed by atoms with van der Waals surface area (Å²) in [5.74, 6) is -1.15. The van der Waals surface area contributed by atoms with Gasteiger partial charge in [0.15, 0.2) is 0 Å². The van der Waals surface area contributed by atoms with E-state index in [0.29, 0.717) is 19.5 Å². The Kier molecular flexibility index (Phi) is 4.62. The lowest BCUT2D eigenvalue weighted by molar-refractivity contribution is -0.148. The maximum Gasteiger partial charge on any atom is 0.326 e. The van der Waals surface area contributed by atoms with E-state index in [4.69, 9.17) is 4.74 Å². The number of aliphatic carboxylic acids is 1. The fraction of sp³-hybridized carbons (Fsp3) is 0.643. The van der Waals surface area contributed by atoms with Gasteiger partial charge in [0.2, 0.25) is 5.91 Å². The molecule has 2 heterocycles. The molecule has 7 heteroatoms. The molecule has 2 atom stereocenters. The normalized spacial score (nSPS) is 21.8. The van der Waals surface area contributed by atoms with Crippen molar-refractivity contribution in [3.8, 4) is 0 Å². The molecule has 0 saturated carbocycles. The molecule has 1 aromatic rings. The van der Waals surface area contributed by atoms with Crippen LogP contribution in [0.5, 0.6) is 0 Å². The summed E-state index contributed by atoms with van der Waals surface area (Å²) in [4.78, 5) is 24.9. The van der Waals surface area contributed by atoms with Crippen LogP contribution in [-0.4, -0.2) is 57.5 Å². The van der Waals surface area contributed by atoms with Crippen LogP contribution in [0.1, 0.15) is 24.2 Å². The quantitative estimate of drug-likeness (QED) is 0.859. The average Bonchev–Trinajstić information content (AvgIpc) is 2.99. The molecule has 1 aromatic heterocycles. The smallest absolute Gasteiger partial charge is 0.326 e. The van der Waals surface area contributed by atoms with E-state index in [1.54, 1.807) is 4.68 Å². The van der Waals surface area contributed by atoms with E-state index in [-0.39, 0.29) is 18.4 Å². The van der Waals surface area contributed by atoms with Gasteiger partial charge < -0.3 is 14.7 Å². The van der Waals surface area contributed by atoms with Crippen LogP contribution in [0.3, 0.4) is 0 Å². The Balaban J connectivity index is 1.98. The van der Waals surface area contributed by atoms with Gasteiger partial charge in [0.05, 0.1) is 11.8 Å². The largest absolute Gasteiger partial charge is 0.480 e. The summed E-state index contributed by atoms with van der Waals surface area (Å²) >= 11 is 0. The molecule has 1 fully saturated rings. The molecule has 2 rings (SSSR count). The molecule has 1 amide bonds.